The molecule has 10 heteroatoms. The van der Waals surface area contributed by atoms with Crippen LogP contribution >= 0.6 is 11.6 Å². The van der Waals surface area contributed by atoms with E-state index in [1.54, 1.807) is 31.6 Å². The van der Waals surface area contributed by atoms with Crippen LogP contribution < -0.4 is 16.0 Å². The fourth-order valence-corrected chi connectivity index (χ4v) is 4.62. The first-order valence-corrected chi connectivity index (χ1v) is 12.1. The van der Waals surface area contributed by atoms with Crippen LogP contribution in [0, 0.1) is 24.2 Å². The van der Waals surface area contributed by atoms with Gasteiger partial charge in [-0.25, -0.2) is 4.98 Å². The third-order valence-corrected chi connectivity index (χ3v) is 6.61. The number of nitrogens with one attached hydrogen (secondary N) is 3. The molecule has 3 aromatic rings. The van der Waals surface area contributed by atoms with Crippen molar-refractivity contribution in [2.24, 2.45) is 5.92 Å². The van der Waals surface area contributed by atoms with E-state index in [9.17, 15) is 4.79 Å². The van der Waals surface area contributed by atoms with Gasteiger partial charge in [-0.1, -0.05) is 36.9 Å². The maximum absolute atomic E-state index is 13.4. The Morgan fingerprint density at radius 1 is 1.26 bits per heavy atom. The van der Waals surface area contributed by atoms with Crippen molar-refractivity contribution in [2.75, 3.05) is 17.7 Å². The molecular weight excluding hydrogens is 464 g/mol. The lowest BCUT2D eigenvalue weighted by Gasteiger charge is -2.30. The van der Waals surface area contributed by atoms with Crippen LogP contribution in [0.15, 0.2) is 36.8 Å². The van der Waals surface area contributed by atoms with Gasteiger partial charge in [-0.05, 0) is 43.4 Å². The topological polar surface area (TPSA) is 121 Å². The summed E-state index contributed by atoms with van der Waals surface area (Å²) in [5.74, 6) is 1.74. The molecule has 1 saturated carbocycles. The minimum atomic E-state index is -0.454. The highest BCUT2D eigenvalue weighted by atomic mass is 35.5. The predicted molar refractivity (Wildman–Crippen MR) is 135 cm³/mol. The number of rotatable bonds is 8. The fraction of sp³-hybridized carbons (Fsp3) is 0.400. The number of aryl methyl sites for hydroxylation is 1. The largest absolute Gasteiger partial charge is 0.358 e. The van der Waals surface area contributed by atoms with Gasteiger partial charge in [-0.3, -0.25) is 9.36 Å². The summed E-state index contributed by atoms with van der Waals surface area (Å²) in [5.41, 5.74) is 2.13. The number of amides is 1. The number of nitriles is 1. The summed E-state index contributed by atoms with van der Waals surface area (Å²) < 4.78 is 1.83. The third kappa shape index (κ3) is 6.08. The van der Waals surface area contributed by atoms with Gasteiger partial charge in [0.25, 0.3) is 0 Å². The molecule has 1 aliphatic carbocycles. The molecule has 0 saturated heterocycles. The Morgan fingerprint density at radius 2 is 2.06 bits per heavy atom. The molecule has 0 bridgehead atoms. The summed E-state index contributed by atoms with van der Waals surface area (Å²) in [5, 5.41) is 18.9. The number of hydrogen-bond donors (Lipinski definition) is 3. The zero-order chi connectivity index (χ0) is 24.8. The highest BCUT2D eigenvalue weighted by Gasteiger charge is 2.30. The van der Waals surface area contributed by atoms with Crippen molar-refractivity contribution in [3.8, 4) is 11.9 Å². The smallest absolute Gasteiger partial charge is 0.243 e. The molecule has 1 fully saturated rings. The van der Waals surface area contributed by atoms with Crippen LogP contribution in [0.4, 0.5) is 11.8 Å². The Balaban J connectivity index is 1.56. The Labute approximate surface area is 210 Å². The number of anilines is 2. The maximum atomic E-state index is 13.4. The molecule has 2 heterocycles. The second-order valence-electron chi connectivity index (χ2n) is 8.76. The summed E-state index contributed by atoms with van der Waals surface area (Å²) in [6.45, 7) is 2.19. The highest BCUT2D eigenvalue weighted by molar-refractivity contribution is 6.31. The monoisotopic (exact) mass is 492 g/mol. The van der Waals surface area contributed by atoms with E-state index >= 15 is 0 Å². The van der Waals surface area contributed by atoms with Crippen LogP contribution in [-0.2, 0) is 11.3 Å². The average Bonchev–Trinajstić information content (AvgIpc) is 3.33. The van der Waals surface area contributed by atoms with Gasteiger partial charge in [0.2, 0.25) is 11.9 Å². The van der Waals surface area contributed by atoms with Crippen LogP contribution in [0.2, 0.25) is 5.02 Å². The normalized spacial score (nSPS) is 14.7. The predicted octanol–water partition coefficient (Wildman–Crippen LogP) is 4.21. The van der Waals surface area contributed by atoms with E-state index in [0.29, 0.717) is 28.2 Å². The van der Waals surface area contributed by atoms with Gasteiger partial charge in [0.15, 0.2) is 0 Å². The molecule has 1 atom stereocenters. The van der Waals surface area contributed by atoms with Crippen molar-refractivity contribution >= 4 is 29.3 Å². The van der Waals surface area contributed by atoms with Crippen LogP contribution in [0.5, 0.6) is 0 Å². The van der Waals surface area contributed by atoms with Gasteiger partial charge >= 0.3 is 0 Å². The van der Waals surface area contributed by atoms with E-state index < -0.39 is 6.04 Å². The summed E-state index contributed by atoms with van der Waals surface area (Å²) in [6, 6.07) is 8.52. The molecule has 0 spiro atoms. The van der Waals surface area contributed by atoms with Crippen LogP contribution in [0.25, 0.3) is 5.82 Å². The zero-order valence-electron chi connectivity index (χ0n) is 19.9. The highest BCUT2D eigenvalue weighted by Crippen LogP contribution is 2.29. The summed E-state index contributed by atoms with van der Waals surface area (Å²) >= 11 is 6.31. The minimum absolute atomic E-state index is 0.109. The number of carbonyl (C=O) groups excluding carboxylic acids is 1. The lowest BCUT2D eigenvalue weighted by Crippen LogP contribution is -2.45. The molecule has 0 aliphatic heterocycles. The lowest BCUT2D eigenvalue weighted by molar-refractivity contribution is -0.123. The summed E-state index contributed by atoms with van der Waals surface area (Å²) in [6.07, 6.45) is 8.92. The molecule has 4 rings (SSSR count). The van der Waals surface area contributed by atoms with Crippen LogP contribution in [0.3, 0.4) is 0 Å². The van der Waals surface area contributed by atoms with E-state index in [0.717, 1.165) is 36.9 Å². The molecule has 0 unspecified atom stereocenters. The van der Waals surface area contributed by atoms with Crippen LogP contribution in [0.1, 0.15) is 48.9 Å². The van der Waals surface area contributed by atoms with E-state index in [-0.39, 0.29) is 18.4 Å². The average molecular weight is 493 g/mol. The van der Waals surface area contributed by atoms with Gasteiger partial charge in [-0.2, -0.15) is 15.2 Å². The molecule has 1 aliphatic rings. The van der Waals surface area contributed by atoms with Crippen molar-refractivity contribution in [1.29, 1.82) is 5.26 Å². The third-order valence-electron chi connectivity index (χ3n) is 6.25. The number of nitrogens with zero attached hydrogens (tertiary/aromatic N) is 5. The molecule has 1 amide bonds. The van der Waals surface area contributed by atoms with Crippen molar-refractivity contribution in [3.05, 3.63) is 58.6 Å². The van der Waals surface area contributed by atoms with Crippen molar-refractivity contribution in [1.82, 2.24) is 24.8 Å². The van der Waals surface area contributed by atoms with E-state index in [4.69, 9.17) is 16.9 Å². The van der Waals surface area contributed by atoms with Gasteiger partial charge in [0.1, 0.15) is 24.0 Å². The van der Waals surface area contributed by atoms with E-state index in [2.05, 4.69) is 37.0 Å². The molecule has 2 aromatic heterocycles. The van der Waals surface area contributed by atoms with E-state index in [1.165, 1.54) is 6.42 Å². The number of aromatic nitrogens is 4. The Bertz CT molecular complexity index is 1230. The summed E-state index contributed by atoms with van der Waals surface area (Å²) in [7, 11) is 1.76. The first-order chi connectivity index (χ1) is 17.0. The summed E-state index contributed by atoms with van der Waals surface area (Å²) in [4.78, 5) is 26.8. The van der Waals surface area contributed by atoms with Crippen LogP contribution in [-0.4, -0.2) is 38.5 Å². The molecular formula is C25H29ClN8O. The minimum Gasteiger partial charge on any atom is -0.358 e. The fourth-order valence-electron chi connectivity index (χ4n) is 4.38. The SMILES string of the molecule is CNc1nc(N[C@@H](C(=O)NCc2ccc(C#N)cc2Cl)C2CCCCC2)cc(-n2cnc(C)c2)n1. The quantitative estimate of drug-likeness (QED) is 0.430. The Hall–Kier alpha value is -3.64. The van der Waals surface area contributed by atoms with Crippen molar-refractivity contribution in [2.45, 2.75) is 51.6 Å². The van der Waals surface area contributed by atoms with Crippen molar-refractivity contribution in [3.63, 3.8) is 0 Å². The number of carbonyl (C=O) groups is 1. The second kappa shape index (κ2) is 11.2. The van der Waals surface area contributed by atoms with Gasteiger partial charge in [0.05, 0.1) is 17.3 Å². The standard InChI is InChI=1S/C25H29ClN8O/c1-16-14-34(15-30-16)22-11-21(32-25(28-2)33-22)31-23(18-6-4-3-5-7-18)24(35)29-13-19-9-8-17(12-27)10-20(19)26/h8-11,14-15,18,23H,3-7,13H2,1-2H3,(H,29,35)(H2,28,31,32,33)/t23-/m1/s1. The van der Waals surface area contributed by atoms with Crippen molar-refractivity contribution < 1.29 is 4.79 Å². The molecule has 1 aromatic carbocycles. The Morgan fingerprint density at radius 3 is 2.71 bits per heavy atom. The maximum Gasteiger partial charge on any atom is 0.243 e. The molecule has 0 radical (unpaired) electrons. The van der Waals surface area contributed by atoms with Gasteiger partial charge in [-0.15, -0.1) is 0 Å². The Kier molecular flexibility index (Phi) is 7.83. The number of halogens is 1. The van der Waals surface area contributed by atoms with E-state index in [1.807, 2.05) is 23.8 Å². The first kappa shape index (κ1) is 24.5. The molecule has 9 nitrogen and oxygen atoms in total. The molecule has 3 N–H and O–H groups in total. The number of benzene rings is 1. The van der Waals surface area contributed by atoms with Gasteiger partial charge in [0, 0.05) is 30.9 Å². The second-order valence-corrected chi connectivity index (χ2v) is 9.17. The number of imidazole rings is 1. The number of hydrogen-bond acceptors (Lipinski definition) is 7. The first-order valence-electron chi connectivity index (χ1n) is 11.8. The zero-order valence-corrected chi connectivity index (χ0v) is 20.6. The lowest BCUT2D eigenvalue weighted by atomic mass is 9.83. The van der Waals surface area contributed by atoms with Gasteiger partial charge < -0.3 is 16.0 Å². The molecule has 182 valence electrons. The molecule has 35 heavy (non-hydrogen) atoms.